The summed E-state index contributed by atoms with van der Waals surface area (Å²) in [6, 6.07) is 11.3. The predicted octanol–water partition coefficient (Wildman–Crippen LogP) is 5.32. The first-order valence-corrected chi connectivity index (χ1v) is 11.1. The van der Waals surface area contributed by atoms with E-state index < -0.39 is 5.60 Å². The fourth-order valence-corrected chi connectivity index (χ4v) is 4.52. The van der Waals surface area contributed by atoms with E-state index in [1.165, 1.54) is 5.56 Å². The van der Waals surface area contributed by atoms with Crippen LogP contribution in [0.5, 0.6) is 5.75 Å². The lowest BCUT2D eigenvalue weighted by Crippen LogP contribution is -2.50. The van der Waals surface area contributed by atoms with Crippen molar-refractivity contribution in [3.63, 3.8) is 0 Å². The molecule has 0 bridgehead atoms. The summed E-state index contributed by atoms with van der Waals surface area (Å²) in [6.07, 6.45) is 0. The van der Waals surface area contributed by atoms with E-state index in [0.717, 1.165) is 22.3 Å². The molecule has 0 spiro atoms. The van der Waals surface area contributed by atoms with Crippen molar-refractivity contribution in [2.24, 2.45) is 0 Å². The van der Waals surface area contributed by atoms with Gasteiger partial charge in [-0.2, -0.15) is 0 Å². The maximum absolute atomic E-state index is 13.6. The van der Waals surface area contributed by atoms with E-state index in [4.69, 9.17) is 21.3 Å². The Morgan fingerprint density at radius 3 is 2.43 bits per heavy atom. The van der Waals surface area contributed by atoms with E-state index in [2.05, 4.69) is 30.9 Å². The molecule has 1 aromatic heterocycles. The van der Waals surface area contributed by atoms with Gasteiger partial charge in [-0.15, -0.1) is 0 Å². The second-order valence-electron chi connectivity index (χ2n) is 8.25. The van der Waals surface area contributed by atoms with Crippen molar-refractivity contribution < 1.29 is 9.53 Å². The Hall–Kier alpha value is -2.15. The molecule has 3 aromatic rings. The van der Waals surface area contributed by atoms with Gasteiger partial charge in [0.25, 0.3) is 5.91 Å². The number of thiazole rings is 1. The van der Waals surface area contributed by atoms with Crippen molar-refractivity contribution in [1.82, 2.24) is 9.88 Å². The van der Waals surface area contributed by atoms with Crippen molar-refractivity contribution in [3.8, 4) is 5.75 Å². The third kappa shape index (κ3) is 5.12. The third-order valence-corrected chi connectivity index (χ3v) is 6.04. The molecule has 0 saturated carbocycles. The summed E-state index contributed by atoms with van der Waals surface area (Å²) in [4.78, 5) is 22.2. The third-order valence-electron chi connectivity index (χ3n) is 4.77. The van der Waals surface area contributed by atoms with Crippen molar-refractivity contribution in [1.29, 1.82) is 0 Å². The van der Waals surface area contributed by atoms with Crippen LogP contribution in [-0.2, 0) is 4.79 Å². The first-order valence-electron chi connectivity index (χ1n) is 9.86. The molecule has 0 saturated heterocycles. The molecule has 1 amide bonds. The second-order valence-corrected chi connectivity index (χ2v) is 9.70. The highest BCUT2D eigenvalue weighted by Crippen LogP contribution is 2.33. The number of aromatic nitrogens is 1. The van der Waals surface area contributed by atoms with Gasteiger partial charge in [-0.1, -0.05) is 29.0 Å². The largest absolute Gasteiger partial charge is 0.478 e. The predicted molar refractivity (Wildman–Crippen MR) is 126 cm³/mol. The average Bonchev–Trinajstić information content (AvgIpc) is 3.07. The normalized spacial score (nSPS) is 11.9. The van der Waals surface area contributed by atoms with E-state index in [-0.39, 0.29) is 5.91 Å². The number of amides is 1. The van der Waals surface area contributed by atoms with Gasteiger partial charge in [0, 0.05) is 18.1 Å². The van der Waals surface area contributed by atoms with Gasteiger partial charge < -0.3 is 9.64 Å². The fraction of sp³-hybridized carbons (Fsp3) is 0.391. The van der Waals surface area contributed by atoms with E-state index in [9.17, 15) is 4.79 Å². The Morgan fingerprint density at radius 1 is 1.13 bits per heavy atom. The summed E-state index contributed by atoms with van der Waals surface area (Å²) in [5.74, 6) is 0.466. The Kier molecular flexibility index (Phi) is 6.70. The molecule has 0 aliphatic rings. The summed E-state index contributed by atoms with van der Waals surface area (Å²) >= 11 is 7.51. The Labute approximate surface area is 187 Å². The highest BCUT2D eigenvalue weighted by atomic mass is 35.5. The van der Waals surface area contributed by atoms with Gasteiger partial charge >= 0.3 is 0 Å². The number of carbonyl (C=O) groups is 1. The number of ether oxygens (including phenoxy) is 1. The summed E-state index contributed by atoms with van der Waals surface area (Å²) in [5.41, 5.74) is 2.18. The first-order chi connectivity index (χ1) is 14.1. The van der Waals surface area contributed by atoms with Gasteiger partial charge in [-0.25, -0.2) is 4.98 Å². The maximum atomic E-state index is 13.6. The monoisotopic (exact) mass is 445 g/mol. The summed E-state index contributed by atoms with van der Waals surface area (Å²) in [7, 11) is 3.98. The van der Waals surface area contributed by atoms with Crippen LogP contribution in [0, 0.1) is 13.8 Å². The standard InChI is InChI=1S/C23H28ClN3O2S/c1-15-13-16(2)20-19(14-15)30-22(25-20)27(12-11-26(5)6)21(28)23(3,4)29-18-9-7-17(24)8-10-18/h7-10,13-14H,11-12H2,1-6H3. The molecule has 1 heterocycles. The molecule has 0 aliphatic heterocycles. The molecule has 0 radical (unpaired) electrons. The summed E-state index contributed by atoms with van der Waals surface area (Å²) in [6.45, 7) is 8.95. The van der Waals surface area contributed by atoms with Crippen LogP contribution in [0.3, 0.4) is 0 Å². The van der Waals surface area contributed by atoms with Crippen LogP contribution in [-0.4, -0.2) is 48.6 Å². The molecule has 7 heteroatoms. The molecule has 160 valence electrons. The van der Waals surface area contributed by atoms with E-state index in [1.807, 2.05) is 14.1 Å². The number of likely N-dealkylation sites (N-methyl/N-ethyl adjacent to an activating group) is 1. The van der Waals surface area contributed by atoms with Crippen molar-refractivity contribution >= 4 is 44.2 Å². The molecular formula is C23H28ClN3O2S. The van der Waals surface area contributed by atoms with Gasteiger partial charge in [0.2, 0.25) is 0 Å². The molecule has 2 aromatic carbocycles. The lowest BCUT2D eigenvalue weighted by Gasteiger charge is -2.31. The Balaban J connectivity index is 1.95. The molecule has 0 N–H and O–H groups in total. The number of fused-ring (bicyclic) bond motifs is 1. The van der Waals surface area contributed by atoms with Gasteiger partial charge in [0.15, 0.2) is 10.7 Å². The molecule has 0 unspecified atom stereocenters. The SMILES string of the molecule is Cc1cc(C)c2nc(N(CCN(C)C)C(=O)C(C)(C)Oc3ccc(Cl)cc3)sc2c1. The molecule has 0 aliphatic carbocycles. The number of carbonyl (C=O) groups excluding carboxylic acids is 1. The molecule has 30 heavy (non-hydrogen) atoms. The van der Waals surface area contributed by atoms with E-state index in [1.54, 1.807) is 54.3 Å². The van der Waals surface area contributed by atoms with Crippen molar-refractivity contribution in [2.75, 3.05) is 32.1 Å². The van der Waals surface area contributed by atoms with Crippen LogP contribution < -0.4 is 9.64 Å². The molecular weight excluding hydrogens is 418 g/mol. The number of halogens is 1. The van der Waals surface area contributed by atoms with Crippen LogP contribution in [0.1, 0.15) is 25.0 Å². The van der Waals surface area contributed by atoms with Gasteiger partial charge in [-0.05, 0) is 83.2 Å². The van der Waals surface area contributed by atoms with Crippen LogP contribution in [0.4, 0.5) is 5.13 Å². The van der Waals surface area contributed by atoms with E-state index in [0.29, 0.717) is 22.4 Å². The fourth-order valence-electron chi connectivity index (χ4n) is 3.22. The lowest BCUT2D eigenvalue weighted by molar-refractivity contribution is -0.131. The molecule has 5 nitrogen and oxygen atoms in total. The quantitative estimate of drug-likeness (QED) is 0.493. The highest BCUT2D eigenvalue weighted by Gasteiger charge is 2.36. The molecule has 3 rings (SSSR count). The van der Waals surface area contributed by atoms with E-state index >= 15 is 0 Å². The van der Waals surface area contributed by atoms with Gasteiger partial charge in [0.1, 0.15) is 5.75 Å². The number of benzene rings is 2. The highest BCUT2D eigenvalue weighted by molar-refractivity contribution is 7.22. The average molecular weight is 446 g/mol. The van der Waals surface area contributed by atoms with Gasteiger partial charge in [-0.3, -0.25) is 9.69 Å². The molecule has 0 fully saturated rings. The Morgan fingerprint density at radius 2 is 1.80 bits per heavy atom. The van der Waals surface area contributed by atoms with Gasteiger partial charge in [0.05, 0.1) is 10.2 Å². The van der Waals surface area contributed by atoms with Crippen LogP contribution in [0.15, 0.2) is 36.4 Å². The number of hydrogen-bond donors (Lipinski definition) is 0. The number of rotatable bonds is 7. The zero-order valence-corrected chi connectivity index (χ0v) is 19.9. The minimum atomic E-state index is -1.07. The number of hydrogen-bond acceptors (Lipinski definition) is 5. The van der Waals surface area contributed by atoms with Crippen molar-refractivity contribution in [2.45, 2.75) is 33.3 Å². The number of anilines is 1. The Bertz CT molecular complexity index is 1040. The minimum absolute atomic E-state index is 0.132. The number of aryl methyl sites for hydroxylation is 2. The zero-order valence-electron chi connectivity index (χ0n) is 18.3. The van der Waals surface area contributed by atoms with Crippen LogP contribution in [0.2, 0.25) is 5.02 Å². The zero-order chi connectivity index (χ0) is 22.1. The smallest absolute Gasteiger partial charge is 0.272 e. The summed E-state index contributed by atoms with van der Waals surface area (Å²) < 4.78 is 7.14. The molecule has 0 atom stereocenters. The first kappa shape index (κ1) is 22.5. The lowest BCUT2D eigenvalue weighted by atomic mass is 10.1. The van der Waals surface area contributed by atoms with Crippen LogP contribution >= 0.6 is 22.9 Å². The minimum Gasteiger partial charge on any atom is -0.478 e. The second kappa shape index (κ2) is 8.92. The topological polar surface area (TPSA) is 45.7 Å². The maximum Gasteiger partial charge on any atom is 0.272 e. The number of nitrogens with zero attached hydrogens (tertiary/aromatic N) is 3. The van der Waals surface area contributed by atoms with Crippen LogP contribution in [0.25, 0.3) is 10.2 Å². The van der Waals surface area contributed by atoms with Crippen molar-refractivity contribution in [3.05, 3.63) is 52.5 Å². The summed E-state index contributed by atoms with van der Waals surface area (Å²) in [5, 5.41) is 1.32.